The van der Waals surface area contributed by atoms with Gasteiger partial charge in [-0.25, -0.2) is 0 Å². The quantitative estimate of drug-likeness (QED) is 0.342. The number of hydrogen-bond donors (Lipinski definition) is 0. The van der Waals surface area contributed by atoms with E-state index in [0.29, 0.717) is 22.9 Å². The van der Waals surface area contributed by atoms with Crippen LogP contribution in [0.4, 0.5) is 0 Å². The lowest BCUT2D eigenvalue weighted by atomic mass is 10.1. The smallest absolute Gasteiger partial charge is 0.314 e. The summed E-state index contributed by atoms with van der Waals surface area (Å²) in [5, 5.41) is 13.5. The Morgan fingerprint density at radius 1 is 1.20 bits per heavy atom. The Balaban J connectivity index is 1.58. The molecule has 1 heterocycles. The SMILES string of the molecule is COc1cc(/C=C(\C#N)c2nc(-c3ccc(C)cc3)no2)ccc1OC(=O)C1CC1. The Morgan fingerprint density at radius 3 is 2.63 bits per heavy atom. The molecule has 0 radical (unpaired) electrons. The van der Waals surface area contributed by atoms with Crippen molar-refractivity contribution in [3.63, 3.8) is 0 Å². The molecule has 0 unspecified atom stereocenters. The van der Waals surface area contributed by atoms with Gasteiger partial charge in [0.2, 0.25) is 5.82 Å². The molecule has 2 aromatic carbocycles. The van der Waals surface area contributed by atoms with Crippen LogP contribution in [0, 0.1) is 24.2 Å². The summed E-state index contributed by atoms with van der Waals surface area (Å²) < 4.78 is 16.0. The molecule has 0 saturated heterocycles. The van der Waals surface area contributed by atoms with Crippen LogP contribution in [0.2, 0.25) is 0 Å². The van der Waals surface area contributed by atoms with Crippen molar-refractivity contribution in [3.8, 4) is 29.0 Å². The van der Waals surface area contributed by atoms with E-state index in [2.05, 4.69) is 16.2 Å². The van der Waals surface area contributed by atoms with Crippen molar-refractivity contribution in [2.45, 2.75) is 19.8 Å². The largest absolute Gasteiger partial charge is 0.493 e. The molecule has 0 bridgehead atoms. The Bertz CT molecular complexity index is 1150. The van der Waals surface area contributed by atoms with Gasteiger partial charge in [-0.1, -0.05) is 41.1 Å². The minimum absolute atomic E-state index is 0.0141. The number of methoxy groups -OCH3 is 1. The summed E-state index contributed by atoms with van der Waals surface area (Å²) in [4.78, 5) is 16.2. The van der Waals surface area contributed by atoms with Crippen LogP contribution in [-0.4, -0.2) is 23.2 Å². The van der Waals surface area contributed by atoms with E-state index >= 15 is 0 Å². The number of ether oxygens (including phenoxy) is 2. The van der Waals surface area contributed by atoms with Crippen LogP contribution < -0.4 is 9.47 Å². The summed E-state index contributed by atoms with van der Waals surface area (Å²) >= 11 is 0. The van der Waals surface area contributed by atoms with Gasteiger partial charge >= 0.3 is 5.97 Å². The van der Waals surface area contributed by atoms with Gasteiger partial charge in [0.1, 0.15) is 11.6 Å². The first-order valence-electron chi connectivity index (χ1n) is 9.50. The van der Waals surface area contributed by atoms with Gasteiger partial charge in [-0.05, 0) is 43.5 Å². The van der Waals surface area contributed by atoms with Crippen LogP contribution in [0.15, 0.2) is 47.0 Å². The molecule has 7 nitrogen and oxygen atoms in total. The van der Waals surface area contributed by atoms with Crippen molar-refractivity contribution in [2.24, 2.45) is 5.92 Å². The van der Waals surface area contributed by atoms with Crippen LogP contribution in [0.25, 0.3) is 23.0 Å². The first-order valence-corrected chi connectivity index (χ1v) is 9.50. The first-order chi connectivity index (χ1) is 14.6. The lowest BCUT2D eigenvalue weighted by Crippen LogP contribution is -2.10. The van der Waals surface area contributed by atoms with Crippen molar-refractivity contribution >= 4 is 17.6 Å². The monoisotopic (exact) mass is 401 g/mol. The second-order valence-electron chi connectivity index (χ2n) is 7.06. The highest BCUT2D eigenvalue weighted by Gasteiger charge is 2.32. The van der Waals surface area contributed by atoms with E-state index < -0.39 is 0 Å². The number of aromatic nitrogens is 2. The first kappa shape index (κ1) is 19.4. The Kier molecular flexibility index (Phi) is 5.31. The highest BCUT2D eigenvalue weighted by molar-refractivity contribution is 5.87. The second kappa shape index (κ2) is 8.21. The highest BCUT2D eigenvalue weighted by atomic mass is 16.6. The van der Waals surface area contributed by atoms with Gasteiger partial charge in [-0.3, -0.25) is 4.79 Å². The average molecular weight is 401 g/mol. The van der Waals surface area contributed by atoms with Crippen LogP contribution in [-0.2, 0) is 4.79 Å². The Hall–Kier alpha value is -3.92. The number of allylic oxidation sites excluding steroid dienone is 1. The summed E-state index contributed by atoms with van der Waals surface area (Å²) in [5.41, 5.74) is 2.81. The number of benzene rings is 2. The molecule has 150 valence electrons. The molecule has 1 aromatic heterocycles. The third-order valence-electron chi connectivity index (χ3n) is 4.71. The molecule has 4 rings (SSSR count). The fraction of sp³-hybridized carbons (Fsp3) is 0.217. The van der Waals surface area contributed by atoms with Gasteiger partial charge in [0.25, 0.3) is 5.89 Å². The van der Waals surface area contributed by atoms with Gasteiger partial charge in [0, 0.05) is 5.56 Å². The van der Waals surface area contributed by atoms with E-state index in [0.717, 1.165) is 24.0 Å². The second-order valence-corrected chi connectivity index (χ2v) is 7.06. The number of rotatable bonds is 6. The Labute approximate surface area is 173 Å². The molecule has 0 N–H and O–H groups in total. The Morgan fingerprint density at radius 2 is 1.97 bits per heavy atom. The third kappa shape index (κ3) is 4.23. The summed E-state index contributed by atoms with van der Waals surface area (Å²) in [6.07, 6.45) is 3.34. The van der Waals surface area contributed by atoms with Gasteiger partial charge in [-0.2, -0.15) is 10.2 Å². The van der Waals surface area contributed by atoms with Gasteiger partial charge < -0.3 is 14.0 Å². The minimum Gasteiger partial charge on any atom is -0.493 e. The van der Waals surface area contributed by atoms with E-state index in [1.54, 1.807) is 24.3 Å². The molecule has 1 aliphatic rings. The van der Waals surface area contributed by atoms with Crippen molar-refractivity contribution < 1.29 is 18.8 Å². The molecule has 1 saturated carbocycles. The number of esters is 1. The maximum Gasteiger partial charge on any atom is 0.314 e. The van der Waals surface area contributed by atoms with Gasteiger partial charge in [0.05, 0.1) is 13.0 Å². The highest BCUT2D eigenvalue weighted by Crippen LogP contribution is 2.34. The van der Waals surface area contributed by atoms with Crippen molar-refractivity contribution in [1.29, 1.82) is 5.26 Å². The standard InChI is InChI=1S/C23H19N3O4/c1-14-3-6-16(7-4-14)21-25-22(30-26-21)18(13-24)11-15-5-10-19(20(12-15)28-2)29-23(27)17-8-9-17/h3-7,10-12,17H,8-9H2,1-2H3/b18-11+. The van der Waals surface area contributed by atoms with Crippen LogP contribution in [0.5, 0.6) is 11.5 Å². The van der Waals surface area contributed by atoms with Crippen LogP contribution in [0.1, 0.15) is 29.9 Å². The molecule has 3 aromatic rings. The third-order valence-corrected chi connectivity index (χ3v) is 4.71. The molecule has 0 spiro atoms. The molecular formula is C23H19N3O4. The predicted molar refractivity (Wildman–Crippen MR) is 109 cm³/mol. The molecule has 0 amide bonds. The number of nitrogens with zero attached hydrogens (tertiary/aromatic N) is 3. The molecule has 7 heteroatoms. The zero-order valence-electron chi connectivity index (χ0n) is 16.6. The summed E-state index contributed by atoms with van der Waals surface area (Å²) in [6.45, 7) is 1.99. The number of carbonyl (C=O) groups excluding carboxylic acids is 1. The topological polar surface area (TPSA) is 98.2 Å². The number of nitriles is 1. The number of carbonyl (C=O) groups is 1. The maximum absolute atomic E-state index is 11.9. The van der Waals surface area contributed by atoms with Gasteiger partial charge in [0.15, 0.2) is 11.5 Å². The van der Waals surface area contributed by atoms with Crippen molar-refractivity contribution in [2.75, 3.05) is 7.11 Å². The van der Waals surface area contributed by atoms with Crippen LogP contribution >= 0.6 is 0 Å². The molecule has 1 fully saturated rings. The van der Waals surface area contributed by atoms with Gasteiger partial charge in [-0.15, -0.1) is 0 Å². The molecular weight excluding hydrogens is 382 g/mol. The summed E-state index contributed by atoms with van der Waals surface area (Å²) in [5.74, 6) is 1.02. The number of hydrogen-bond acceptors (Lipinski definition) is 7. The molecule has 30 heavy (non-hydrogen) atoms. The lowest BCUT2D eigenvalue weighted by molar-refractivity contribution is -0.135. The fourth-order valence-corrected chi connectivity index (χ4v) is 2.83. The van der Waals surface area contributed by atoms with E-state index in [9.17, 15) is 10.1 Å². The van der Waals surface area contributed by atoms with E-state index in [1.807, 2.05) is 31.2 Å². The lowest BCUT2D eigenvalue weighted by Gasteiger charge is -2.09. The number of aryl methyl sites for hydroxylation is 1. The van der Waals surface area contributed by atoms with E-state index in [1.165, 1.54) is 7.11 Å². The molecule has 0 atom stereocenters. The molecule has 0 aliphatic heterocycles. The normalized spacial score (nSPS) is 13.6. The fourth-order valence-electron chi connectivity index (χ4n) is 2.83. The maximum atomic E-state index is 11.9. The zero-order chi connectivity index (χ0) is 21.1. The zero-order valence-corrected chi connectivity index (χ0v) is 16.6. The minimum atomic E-state index is -0.246. The van der Waals surface area contributed by atoms with E-state index in [4.69, 9.17) is 14.0 Å². The van der Waals surface area contributed by atoms with Crippen LogP contribution in [0.3, 0.4) is 0 Å². The predicted octanol–water partition coefficient (Wildman–Crippen LogP) is 4.43. The summed E-state index contributed by atoms with van der Waals surface area (Å²) in [6, 6.07) is 14.8. The molecule has 1 aliphatic carbocycles. The van der Waals surface area contributed by atoms with Crippen molar-refractivity contribution in [3.05, 3.63) is 59.5 Å². The average Bonchev–Trinajstić information content (AvgIpc) is 3.51. The van der Waals surface area contributed by atoms with E-state index in [-0.39, 0.29) is 23.4 Å². The summed E-state index contributed by atoms with van der Waals surface area (Å²) in [7, 11) is 1.49. The van der Waals surface area contributed by atoms with Crippen molar-refractivity contribution in [1.82, 2.24) is 10.1 Å².